The van der Waals surface area contributed by atoms with Crippen LogP contribution in [-0.2, 0) is 9.53 Å². The molecule has 0 N–H and O–H groups in total. The second-order valence-corrected chi connectivity index (χ2v) is 6.11. The van der Waals surface area contributed by atoms with Gasteiger partial charge in [0.2, 0.25) is 5.91 Å². The third-order valence-corrected chi connectivity index (χ3v) is 3.99. The van der Waals surface area contributed by atoms with Crippen molar-refractivity contribution in [1.29, 1.82) is 0 Å². The molecule has 0 radical (unpaired) electrons. The summed E-state index contributed by atoms with van der Waals surface area (Å²) < 4.78 is 5.36. The number of hydrogen-bond acceptors (Lipinski definition) is 3. The van der Waals surface area contributed by atoms with Crippen molar-refractivity contribution in [2.24, 2.45) is 0 Å². The number of methoxy groups -OCH3 is 1. The SMILES string of the molecule is COC(=O)c1ccc(N2CC(Br)CC2=O)c(Br)c1. The maximum absolute atomic E-state index is 11.8. The van der Waals surface area contributed by atoms with Crippen LogP contribution in [-0.4, -0.2) is 30.4 Å². The van der Waals surface area contributed by atoms with Gasteiger partial charge in [0.1, 0.15) is 0 Å². The molecule has 2 rings (SSSR count). The number of amides is 1. The third kappa shape index (κ3) is 2.59. The van der Waals surface area contributed by atoms with Gasteiger partial charge in [-0.3, -0.25) is 4.79 Å². The highest BCUT2D eigenvalue weighted by Crippen LogP contribution is 2.32. The molecule has 1 atom stereocenters. The zero-order valence-corrected chi connectivity index (χ0v) is 12.8. The Bertz CT molecular complexity index is 504. The van der Waals surface area contributed by atoms with Gasteiger partial charge in [0, 0.05) is 22.3 Å². The normalized spacial score (nSPS) is 19.2. The van der Waals surface area contributed by atoms with Crippen LogP contribution < -0.4 is 4.90 Å². The lowest BCUT2D eigenvalue weighted by molar-refractivity contribution is -0.117. The molecule has 1 fully saturated rings. The Kier molecular flexibility index (Phi) is 4.07. The van der Waals surface area contributed by atoms with Gasteiger partial charge in [0.25, 0.3) is 0 Å². The van der Waals surface area contributed by atoms with Crippen LogP contribution in [0.25, 0.3) is 0 Å². The maximum Gasteiger partial charge on any atom is 0.337 e. The van der Waals surface area contributed by atoms with E-state index in [2.05, 4.69) is 36.6 Å². The van der Waals surface area contributed by atoms with Gasteiger partial charge >= 0.3 is 5.97 Å². The van der Waals surface area contributed by atoms with Crippen LogP contribution in [0, 0.1) is 0 Å². The number of halogens is 2. The van der Waals surface area contributed by atoms with E-state index in [0.29, 0.717) is 23.0 Å². The molecule has 0 aliphatic carbocycles. The second kappa shape index (κ2) is 5.40. The number of carbonyl (C=O) groups is 2. The molecule has 1 amide bonds. The molecule has 96 valence electrons. The molecule has 1 aromatic carbocycles. The summed E-state index contributed by atoms with van der Waals surface area (Å²) in [5.41, 5.74) is 1.23. The summed E-state index contributed by atoms with van der Waals surface area (Å²) in [4.78, 5) is 25.1. The van der Waals surface area contributed by atoms with E-state index < -0.39 is 5.97 Å². The first-order chi connectivity index (χ1) is 8.52. The van der Waals surface area contributed by atoms with E-state index in [1.54, 1.807) is 23.1 Å². The van der Waals surface area contributed by atoms with Crippen LogP contribution in [0.15, 0.2) is 22.7 Å². The van der Waals surface area contributed by atoms with Crippen molar-refractivity contribution in [3.8, 4) is 0 Å². The largest absolute Gasteiger partial charge is 0.465 e. The Balaban J connectivity index is 2.30. The number of ether oxygens (including phenoxy) is 1. The van der Waals surface area contributed by atoms with Crippen LogP contribution in [0.1, 0.15) is 16.8 Å². The lowest BCUT2D eigenvalue weighted by Gasteiger charge is -2.18. The predicted octanol–water partition coefficient (Wildman–Crippen LogP) is 2.74. The minimum absolute atomic E-state index is 0.0726. The molecule has 1 unspecified atom stereocenters. The molecule has 18 heavy (non-hydrogen) atoms. The van der Waals surface area contributed by atoms with Gasteiger partial charge in [-0.05, 0) is 34.1 Å². The first-order valence-electron chi connectivity index (χ1n) is 5.35. The van der Waals surface area contributed by atoms with Crippen LogP contribution in [0.5, 0.6) is 0 Å². The number of hydrogen-bond donors (Lipinski definition) is 0. The molecule has 1 heterocycles. The Morgan fingerprint density at radius 3 is 2.72 bits per heavy atom. The van der Waals surface area contributed by atoms with E-state index >= 15 is 0 Å². The molecule has 1 aliphatic rings. The standard InChI is InChI=1S/C12H11Br2NO3/c1-18-12(17)7-2-3-10(9(14)4-7)15-6-8(13)5-11(15)16/h2-4,8H,5-6H2,1H3. The summed E-state index contributed by atoms with van der Waals surface area (Å²) in [6.07, 6.45) is 0.491. The number of benzene rings is 1. The number of anilines is 1. The molecular weight excluding hydrogens is 366 g/mol. The fraction of sp³-hybridized carbons (Fsp3) is 0.333. The highest BCUT2D eigenvalue weighted by molar-refractivity contribution is 9.10. The fourth-order valence-electron chi connectivity index (χ4n) is 1.87. The van der Waals surface area contributed by atoms with Gasteiger partial charge in [-0.25, -0.2) is 4.79 Å². The number of carbonyl (C=O) groups excluding carboxylic acids is 2. The quantitative estimate of drug-likeness (QED) is 0.589. The number of nitrogens with zero attached hydrogens (tertiary/aromatic N) is 1. The molecule has 4 nitrogen and oxygen atoms in total. The maximum atomic E-state index is 11.8. The molecule has 1 aliphatic heterocycles. The Morgan fingerprint density at radius 2 is 2.22 bits per heavy atom. The van der Waals surface area contributed by atoms with Gasteiger partial charge < -0.3 is 9.64 Å². The average molecular weight is 377 g/mol. The van der Waals surface area contributed by atoms with Crippen molar-refractivity contribution < 1.29 is 14.3 Å². The van der Waals surface area contributed by atoms with E-state index in [-0.39, 0.29) is 10.7 Å². The van der Waals surface area contributed by atoms with Crippen LogP contribution in [0.3, 0.4) is 0 Å². The van der Waals surface area contributed by atoms with E-state index in [0.717, 1.165) is 5.69 Å². The molecular formula is C12H11Br2NO3. The lowest BCUT2D eigenvalue weighted by atomic mass is 10.2. The minimum atomic E-state index is -0.395. The number of alkyl halides is 1. The van der Waals surface area contributed by atoms with E-state index in [1.807, 2.05) is 0 Å². The summed E-state index contributed by atoms with van der Waals surface area (Å²) in [5, 5.41) is 0. The lowest BCUT2D eigenvalue weighted by Crippen LogP contribution is -2.25. The first-order valence-corrected chi connectivity index (χ1v) is 7.06. The van der Waals surface area contributed by atoms with Crippen LogP contribution in [0.4, 0.5) is 5.69 Å². The van der Waals surface area contributed by atoms with Gasteiger partial charge in [0.05, 0.1) is 18.4 Å². The van der Waals surface area contributed by atoms with Crippen molar-refractivity contribution in [3.63, 3.8) is 0 Å². The van der Waals surface area contributed by atoms with Crippen molar-refractivity contribution >= 4 is 49.4 Å². The van der Waals surface area contributed by atoms with Gasteiger partial charge in [0.15, 0.2) is 0 Å². The number of esters is 1. The topological polar surface area (TPSA) is 46.6 Å². The highest BCUT2D eigenvalue weighted by Gasteiger charge is 2.30. The summed E-state index contributed by atoms with van der Waals surface area (Å²) in [7, 11) is 1.34. The van der Waals surface area contributed by atoms with Crippen molar-refractivity contribution in [1.82, 2.24) is 0 Å². The van der Waals surface area contributed by atoms with Crippen molar-refractivity contribution in [2.45, 2.75) is 11.2 Å². The summed E-state index contributed by atoms with van der Waals surface area (Å²) >= 11 is 6.82. The Labute approximate surface area is 122 Å². The highest BCUT2D eigenvalue weighted by atomic mass is 79.9. The second-order valence-electron chi connectivity index (χ2n) is 3.96. The summed E-state index contributed by atoms with van der Waals surface area (Å²) in [6.45, 7) is 0.634. The number of rotatable bonds is 2. The fourth-order valence-corrected chi connectivity index (χ4v) is 3.03. The average Bonchev–Trinajstić information content (AvgIpc) is 2.67. The molecule has 0 spiro atoms. The van der Waals surface area contributed by atoms with E-state index in [4.69, 9.17) is 0 Å². The smallest absolute Gasteiger partial charge is 0.337 e. The Hall–Kier alpha value is -0.880. The first kappa shape index (κ1) is 13.5. The molecule has 1 saturated heterocycles. The zero-order valence-electron chi connectivity index (χ0n) is 9.65. The van der Waals surface area contributed by atoms with Gasteiger partial charge in [-0.2, -0.15) is 0 Å². The minimum Gasteiger partial charge on any atom is -0.465 e. The van der Waals surface area contributed by atoms with Gasteiger partial charge in [-0.1, -0.05) is 15.9 Å². The van der Waals surface area contributed by atoms with Crippen LogP contribution in [0.2, 0.25) is 0 Å². The molecule has 0 aromatic heterocycles. The molecule has 1 aromatic rings. The van der Waals surface area contributed by atoms with E-state index in [9.17, 15) is 9.59 Å². The van der Waals surface area contributed by atoms with E-state index in [1.165, 1.54) is 7.11 Å². The predicted molar refractivity (Wildman–Crippen MR) is 75.2 cm³/mol. The monoisotopic (exact) mass is 375 g/mol. The Morgan fingerprint density at radius 1 is 1.50 bits per heavy atom. The molecule has 0 bridgehead atoms. The van der Waals surface area contributed by atoms with Crippen molar-refractivity contribution in [2.75, 3.05) is 18.6 Å². The summed E-state index contributed by atoms with van der Waals surface area (Å²) in [6, 6.07) is 5.07. The molecule has 0 saturated carbocycles. The zero-order chi connectivity index (χ0) is 13.3. The third-order valence-electron chi connectivity index (χ3n) is 2.74. The molecule has 6 heteroatoms. The summed E-state index contributed by atoms with van der Waals surface area (Å²) in [5.74, 6) is -0.322. The van der Waals surface area contributed by atoms with Crippen molar-refractivity contribution in [3.05, 3.63) is 28.2 Å². The van der Waals surface area contributed by atoms with Crippen LogP contribution >= 0.6 is 31.9 Å². The van der Waals surface area contributed by atoms with Gasteiger partial charge in [-0.15, -0.1) is 0 Å².